The molecule has 6 heteroatoms. The molecule has 1 aromatic carbocycles. The number of benzene rings is 1. The van der Waals surface area contributed by atoms with Crippen LogP contribution in [0.1, 0.15) is 25.1 Å². The third-order valence-electron chi connectivity index (χ3n) is 3.68. The maximum atomic E-state index is 13.1. The molecule has 0 bridgehead atoms. The van der Waals surface area contributed by atoms with Gasteiger partial charge in [-0.3, -0.25) is 14.1 Å². The van der Waals surface area contributed by atoms with Crippen molar-refractivity contribution in [3.05, 3.63) is 69.3 Å². The second-order valence-electron chi connectivity index (χ2n) is 6.33. The summed E-state index contributed by atoms with van der Waals surface area (Å²) in [4.78, 5) is 19.7. The third kappa shape index (κ3) is 4.07. The smallest absolute Gasteiger partial charge is 0.258 e. The number of thiazole rings is 1. The average Bonchev–Trinajstić information content (AvgIpc) is 2.98. The first-order valence-corrected chi connectivity index (χ1v) is 8.82. The molecule has 0 N–H and O–H groups in total. The summed E-state index contributed by atoms with van der Waals surface area (Å²) >= 11 is 1.45. The van der Waals surface area contributed by atoms with Gasteiger partial charge in [0.1, 0.15) is 5.82 Å². The van der Waals surface area contributed by atoms with E-state index in [1.54, 1.807) is 28.8 Å². The van der Waals surface area contributed by atoms with E-state index in [4.69, 9.17) is 0 Å². The number of halogens is 1. The van der Waals surface area contributed by atoms with E-state index in [0.717, 1.165) is 17.8 Å². The zero-order chi connectivity index (χ0) is 17.1. The van der Waals surface area contributed by atoms with Crippen molar-refractivity contribution >= 4 is 16.3 Å². The molecule has 0 saturated heterocycles. The van der Waals surface area contributed by atoms with Crippen molar-refractivity contribution in [1.29, 1.82) is 0 Å². The van der Waals surface area contributed by atoms with Crippen molar-refractivity contribution in [2.75, 3.05) is 6.54 Å². The fourth-order valence-corrected chi connectivity index (χ4v) is 3.49. The van der Waals surface area contributed by atoms with Gasteiger partial charge in [-0.05, 0) is 23.6 Å². The predicted octanol–water partition coefficient (Wildman–Crippen LogP) is 3.55. The Morgan fingerprint density at radius 3 is 2.71 bits per heavy atom. The summed E-state index contributed by atoms with van der Waals surface area (Å²) in [5, 5.41) is 1.86. The maximum absolute atomic E-state index is 13.1. The highest BCUT2D eigenvalue weighted by atomic mass is 32.1. The van der Waals surface area contributed by atoms with E-state index in [9.17, 15) is 9.18 Å². The second kappa shape index (κ2) is 7.23. The van der Waals surface area contributed by atoms with E-state index in [1.165, 1.54) is 23.5 Å². The SMILES string of the molecule is CC(C)CN(Cc1ccc(F)cc1)Cc1cc(=O)n2ccsc2n1. The molecule has 0 unspecified atom stereocenters. The number of hydrogen-bond acceptors (Lipinski definition) is 4. The monoisotopic (exact) mass is 345 g/mol. The van der Waals surface area contributed by atoms with Crippen LogP contribution in [0.25, 0.3) is 4.96 Å². The van der Waals surface area contributed by atoms with Crippen molar-refractivity contribution in [3.8, 4) is 0 Å². The van der Waals surface area contributed by atoms with Crippen LogP contribution in [0.3, 0.4) is 0 Å². The molecule has 0 fully saturated rings. The lowest BCUT2D eigenvalue weighted by Gasteiger charge is -2.24. The summed E-state index contributed by atoms with van der Waals surface area (Å²) in [6.45, 7) is 6.48. The zero-order valence-corrected chi connectivity index (χ0v) is 14.6. The largest absolute Gasteiger partial charge is 0.293 e. The number of nitrogens with zero attached hydrogens (tertiary/aromatic N) is 3. The Hall–Kier alpha value is -2.05. The molecule has 2 heterocycles. The van der Waals surface area contributed by atoms with Crippen LogP contribution in [0, 0.1) is 11.7 Å². The molecule has 0 aliphatic carbocycles. The van der Waals surface area contributed by atoms with E-state index in [0.29, 0.717) is 24.0 Å². The van der Waals surface area contributed by atoms with Gasteiger partial charge in [0.05, 0.1) is 5.69 Å². The van der Waals surface area contributed by atoms with Gasteiger partial charge in [-0.25, -0.2) is 9.37 Å². The summed E-state index contributed by atoms with van der Waals surface area (Å²) in [5.74, 6) is 0.254. The Morgan fingerprint density at radius 2 is 2.00 bits per heavy atom. The van der Waals surface area contributed by atoms with E-state index in [-0.39, 0.29) is 11.4 Å². The van der Waals surface area contributed by atoms with Crippen molar-refractivity contribution < 1.29 is 4.39 Å². The summed E-state index contributed by atoms with van der Waals surface area (Å²) in [6, 6.07) is 8.15. The van der Waals surface area contributed by atoms with Gasteiger partial charge in [-0.15, -0.1) is 11.3 Å². The number of aromatic nitrogens is 2. The van der Waals surface area contributed by atoms with Crippen LogP contribution >= 0.6 is 11.3 Å². The number of hydrogen-bond donors (Lipinski definition) is 0. The van der Waals surface area contributed by atoms with Gasteiger partial charge in [0.15, 0.2) is 4.96 Å². The molecule has 2 aromatic heterocycles. The summed E-state index contributed by atoms with van der Waals surface area (Å²) in [5.41, 5.74) is 1.76. The van der Waals surface area contributed by atoms with E-state index in [2.05, 4.69) is 23.7 Å². The van der Waals surface area contributed by atoms with Gasteiger partial charge in [0.25, 0.3) is 5.56 Å². The van der Waals surface area contributed by atoms with Crippen LogP contribution in [0.15, 0.2) is 46.7 Å². The molecule has 0 spiro atoms. The lowest BCUT2D eigenvalue weighted by atomic mass is 10.1. The van der Waals surface area contributed by atoms with Crippen LogP contribution in [-0.2, 0) is 13.1 Å². The summed E-state index contributed by atoms with van der Waals surface area (Å²) < 4.78 is 14.6. The highest BCUT2D eigenvalue weighted by Gasteiger charge is 2.12. The van der Waals surface area contributed by atoms with Crippen LogP contribution in [0.4, 0.5) is 4.39 Å². The van der Waals surface area contributed by atoms with Gasteiger partial charge in [-0.1, -0.05) is 26.0 Å². The average molecular weight is 345 g/mol. The number of rotatable bonds is 6. The molecule has 4 nitrogen and oxygen atoms in total. The number of fused-ring (bicyclic) bond motifs is 1. The molecule has 3 rings (SSSR count). The Balaban J connectivity index is 1.82. The first-order valence-electron chi connectivity index (χ1n) is 7.94. The molecule has 0 aliphatic rings. The first kappa shape index (κ1) is 16.8. The minimum absolute atomic E-state index is 0.0532. The quantitative estimate of drug-likeness (QED) is 0.686. The Kier molecular flexibility index (Phi) is 5.06. The van der Waals surface area contributed by atoms with E-state index < -0.39 is 0 Å². The standard InChI is InChI=1S/C18H20FN3OS/c1-13(2)10-21(11-14-3-5-15(19)6-4-14)12-16-9-17(23)22-7-8-24-18(22)20-16/h3-9,13H,10-12H2,1-2H3. The minimum atomic E-state index is -0.230. The molecule has 0 aliphatic heterocycles. The Bertz CT molecular complexity index is 870. The maximum Gasteiger partial charge on any atom is 0.258 e. The highest BCUT2D eigenvalue weighted by Crippen LogP contribution is 2.13. The van der Waals surface area contributed by atoms with Crippen molar-refractivity contribution in [2.45, 2.75) is 26.9 Å². The normalized spacial score (nSPS) is 11.7. The predicted molar refractivity (Wildman–Crippen MR) is 94.7 cm³/mol. The first-order chi connectivity index (χ1) is 11.5. The van der Waals surface area contributed by atoms with Gasteiger partial charge >= 0.3 is 0 Å². The molecule has 126 valence electrons. The van der Waals surface area contributed by atoms with Crippen LogP contribution in [0.2, 0.25) is 0 Å². The van der Waals surface area contributed by atoms with Gasteiger partial charge in [0.2, 0.25) is 0 Å². The second-order valence-corrected chi connectivity index (χ2v) is 7.20. The van der Waals surface area contributed by atoms with Crippen molar-refractivity contribution in [3.63, 3.8) is 0 Å². The molecule has 24 heavy (non-hydrogen) atoms. The third-order valence-corrected chi connectivity index (χ3v) is 4.44. The lowest BCUT2D eigenvalue weighted by molar-refractivity contribution is 0.225. The van der Waals surface area contributed by atoms with Crippen LogP contribution < -0.4 is 5.56 Å². The fraction of sp³-hybridized carbons (Fsp3) is 0.333. The van der Waals surface area contributed by atoms with Crippen molar-refractivity contribution in [1.82, 2.24) is 14.3 Å². The van der Waals surface area contributed by atoms with Crippen molar-refractivity contribution in [2.24, 2.45) is 5.92 Å². The highest BCUT2D eigenvalue weighted by molar-refractivity contribution is 7.15. The van der Waals surface area contributed by atoms with Gasteiger partial charge < -0.3 is 0 Å². The molecule has 0 atom stereocenters. The summed E-state index contributed by atoms with van der Waals surface area (Å²) in [6.07, 6.45) is 1.74. The van der Waals surface area contributed by atoms with Gasteiger partial charge in [0, 0.05) is 37.3 Å². The van der Waals surface area contributed by atoms with E-state index >= 15 is 0 Å². The molecule has 0 radical (unpaired) electrons. The Labute approximate surface area is 144 Å². The fourth-order valence-electron chi connectivity index (χ4n) is 2.75. The zero-order valence-electron chi connectivity index (χ0n) is 13.8. The topological polar surface area (TPSA) is 37.6 Å². The molecule has 3 aromatic rings. The lowest BCUT2D eigenvalue weighted by Crippen LogP contribution is -2.28. The minimum Gasteiger partial charge on any atom is -0.293 e. The van der Waals surface area contributed by atoms with E-state index in [1.807, 2.05) is 5.38 Å². The van der Waals surface area contributed by atoms with Crippen LogP contribution in [-0.4, -0.2) is 20.8 Å². The molecule has 0 saturated carbocycles. The molecule has 0 amide bonds. The van der Waals surface area contributed by atoms with Gasteiger partial charge in [-0.2, -0.15) is 0 Å². The Morgan fingerprint density at radius 1 is 1.25 bits per heavy atom. The summed E-state index contributed by atoms with van der Waals surface area (Å²) in [7, 11) is 0. The molecular formula is C18H20FN3OS. The van der Waals surface area contributed by atoms with Crippen LogP contribution in [0.5, 0.6) is 0 Å². The molecular weight excluding hydrogens is 325 g/mol.